The Bertz CT molecular complexity index is 1150. The fraction of sp³-hybridized carbons (Fsp3) is 0.200. The van der Waals surface area contributed by atoms with Gasteiger partial charge in [-0.1, -0.05) is 24.3 Å². The van der Waals surface area contributed by atoms with Crippen molar-refractivity contribution in [2.75, 3.05) is 0 Å². The molecule has 4 nitrogen and oxygen atoms in total. The number of carbonyl (C=O) groups excluding carboxylic acids is 1. The Morgan fingerprint density at radius 3 is 2.42 bits per heavy atom. The van der Waals surface area contributed by atoms with Gasteiger partial charge in [-0.15, -0.1) is 0 Å². The second-order valence-electron chi connectivity index (χ2n) is 7.83. The Hall–Kier alpha value is -3.54. The molecule has 3 aromatic rings. The highest BCUT2D eigenvalue weighted by Crippen LogP contribution is 2.45. The summed E-state index contributed by atoms with van der Waals surface area (Å²) in [5.74, 6) is -0.743. The number of halogens is 2. The molecule has 2 aliphatic rings. The summed E-state index contributed by atoms with van der Waals surface area (Å²) >= 11 is 0. The summed E-state index contributed by atoms with van der Waals surface area (Å²) in [6.45, 7) is 0. The van der Waals surface area contributed by atoms with Crippen LogP contribution in [0.4, 0.5) is 8.78 Å². The van der Waals surface area contributed by atoms with Crippen LogP contribution in [0.15, 0.2) is 82.0 Å². The van der Waals surface area contributed by atoms with Crippen LogP contribution in [-0.4, -0.2) is 16.6 Å². The molecular weight excluding hydrogens is 398 g/mol. The van der Waals surface area contributed by atoms with Crippen LogP contribution >= 0.6 is 0 Å². The molecule has 1 aliphatic heterocycles. The Morgan fingerprint density at radius 2 is 1.74 bits per heavy atom. The molecule has 2 heterocycles. The molecular formula is C25H20F2N2O2. The van der Waals surface area contributed by atoms with Gasteiger partial charge in [-0.05, 0) is 78.4 Å². The van der Waals surface area contributed by atoms with E-state index >= 15 is 0 Å². The summed E-state index contributed by atoms with van der Waals surface area (Å²) in [7, 11) is 0. The van der Waals surface area contributed by atoms with Crippen molar-refractivity contribution in [3.05, 3.63) is 101 Å². The quantitative estimate of drug-likeness (QED) is 0.524. The lowest BCUT2D eigenvalue weighted by atomic mass is 9.77. The first-order chi connectivity index (χ1) is 15.1. The maximum atomic E-state index is 13.6. The summed E-state index contributed by atoms with van der Waals surface area (Å²) in [5.41, 5.74) is 3.59. The lowest BCUT2D eigenvalue weighted by Crippen LogP contribution is -2.31. The first-order valence-corrected chi connectivity index (χ1v) is 10.3. The average molecular weight is 418 g/mol. The van der Waals surface area contributed by atoms with E-state index in [-0.39, 0.29) is 35.3 Å². The van der Waals surface area contributed by atoms with Crippen molar-refractivity contribution >= 4 is 17.7 Å². The van der Waals surface area contributed by atoms with Gasteiger partial charge in [0.05, 0.1) is 18.0 Å². The number of benzene rings is 2. The molecule has 0 radical (unpaired) electrons. The van der Waals surface area contributed by atoms with Crippen molar-refractivity contribution in [2.45, 2.75) is 25.3 Å². The van der Waals surface area contributed by atoms with Crippen LogP contribution in [0.25, 0.3) is 6.08 Å². The highest BCUT2D eigenvalue weighted by molar-refractivity contribution is 6.08. The highest BCUT2D eigenvalue weighted by Gasteiger charge is 2.44. The van der Waals surface area contributed by atoms with Gasteiger partial charge in [0.1, 0.15) is 11.6 Å². The summed E-state index contributed by atoms with van der Waals surface area (Å²) in [6.07, 6.45) is 6.09. The number of fused-ring (bicyclic) bond motifs is 1. The van der Waals surface area contributed by atoms with Crippen molar-refractivity contribution in [2.24, 2.45) is 11.0 Å². The molecule has 0 unspecified atom stereocenters. The van der Waals surface area contributed by atoms with Crippen molar-refractivity contribution in [1.82, 2.24) is 5.01 Å². The zero-order valence-corrected chi connectivity index (χ0v) is 16.7. The molecule has 1 amide bonds. The van der Waals surface area contributed by atoms with E-state index in [4.69, 9.17) is 9.52 Å². The van der Waals surface area contributed by atoms with Crippen LogP contribution in [0.5, 0.6) is 0 Å². The number of hydrazone groups is 1. The SMILES string of the molecule is O=C(c1ccco1)N1N=C2C(=Cc3ccc(F)cc3)CCC[C@H]2[C@H]1c1ccc(F)cc1. The van der Waals surface area contributed by atoms with Crippen LogP contribution in [-0.2, 0) is 0 Å². The second kappa shape index (κ2) is 7.95. The molecule has 1 aromatic heterocycles. The number of furan rings is 1. The van der Waals surface area contributed by atoms with Crippen LogP contribution < -0.4 is 0 Å². The zero-order chi connectivity index (χ0) is 21.4. The van der Waals surface area contributed by atoms with Crippen molar-refractivity contribution in [1.29, 1.82) is 0 Å². The number of hydrogen-bond donors (Lipinski definition) is 0. The fourth-order valence-electron chi connectivity index (χ4n) is 4.43. The van der Waals surface area contributed by atoms with Crippen molar-refractivity contribution < 1.29 is 18.0 Å². The van der Waals surface area contributed by atoms with Gasteiger partial charge in [0.15, 0.2) is 5.76 Å². The van der Waals surface area contributed by atoms with Gasteiger partial charge in [-0.3, -0.25) is 4.79 Å². The van der Waals surface area contributed by atoms with E-state index in [1.165, 1.54) is 35.5 Å². The molecule has 0 bridgehead atoms. The molecule has 31 heavy (non-hydrogen) atoms. The number of hydrogen-bond acceptors (Lipinski definition) is 3. The minimum absolute atomic E-state index is 0.00942. The molecule has 1 fully saturated rings. The van der Waals surface area contributed by atoms with Crippen molar-refractivity contribution in [3.63, 3.8) is 0 Å². The van der Waals surface area contributed by atoms with E-state index in [9.17, 15) is 13.6 Å². The van der Waals surface area contributed by atoms with E-state index in [0.29, 0.717) is 0 Å². The Kier molecular flexibility index (Phi) is 4.98. The van der Waals surface area contributed by atoms with Crippen molar-refractivity contribution in [3.8, 4) is 0 Å². The molecule has 1 aliphatic carbocycles. The third-order valence-electron chi connectivity index (χ3n) is 5.86. The maximum absolute atomic E-state index is 13.6. The lowest BCUT2D eigenvalue weighted by Gasteiger charge is -2.29. The van der Waals surface area contributed by atoms with Crippen LogP contribution in [0.2, 0.25) is 0 Å². The Labute approximate surface area is 178 Å². The number of rotatable bonds is 3. The lowest BCUT2D eigenvalue weighted by molar-refractivity contribution is 0.0648. The van der Waals surface area contributed by atoms with Gasteiger partial charge in [0, 0.05) is 5.92 Å². The van der Waals surface area contributed by atoms with Gasteiger partial charge in [-0.25, -0.2) is 13.8 Å². The monoisotopic (exact) mass is 418 g/mol. The highest BCUT2D eigenvalue weighted by atomic mass is 19.1. The first-order valence-electron chi connectivity index (χ1n) is 10.3. The van der Waals surface area contributed by atoms with Crippen LogP contribution in [0.1, 0.15) is 47.0 Å². The number of amides is 1. The minimum atomic E-state index is -0.342. The Balaban J connectivity index is 1.57. The van der Waals surface area contributed by atoms with Crippen LogP contribution in [0, 0.1) is 17.6 Å². The summed E-state index contributed by atoms with van der Waals surface area (Å²) < 4.78 is 32.2. The van der Waals surface area contributed by atoms with Gasteiger partial charge in [-0.2, -0.15) is 5.10 Å². The molecule has 156 valence electrons. The summed E-state index contributed by atoms with van der Waals surface area (Å²) in [5, 5.41) is 6.21. The van der Waals surface area contributed by atoms with Gasteiger partial charge >= 0.3 is 5.91 Å². The number of allylic oxidation sites excluding steroid dienone is 1. The van der Waals surface area contributed by atoms with E-state index < -0.39 is 0 Å². The van der Waals surface area contributed by atoms with E-state index in [1.807, 2.05) is 6.08 Å². The van der Waals surface area contributed by atoms with Gasteiger partial charge in [0.25, 0.3) is 0 Å². The fourth-order valence-corrected chi connectivity index (χ4v) is 4.43. The maximum Gasteiger partial charge on any atom is 0.310 e. The van der Waals surface area contributed by atoms with Crippen LogP contribution in [0.3, 0.4) is 0 Å². The molecule has 0 saturated heterocycles. The topological polar surface area (TPSA) is 45.8 Å². The zero-order valence-electron chi connectivity index (χ0n) is 16.7. The predicted octanol–water partition coefficient (Wildman–Crippen LogP) is 5.99. The largest absolute Gasteiger partial charge is 0.459 e. The molecule has 0 N–H and O–H groups in total. The summed E-state index contributed by atoms with van der Waals surface area (Å²) in [6, 6.07) is 15.5. The number of carbonyl (C=O) groups is 1. The predicted molar refractivity (Wildman–Crippen MR) is 113 cm³/mol. The third-order valence-corrected chi connectivity index (χ3v) is 5.86. The van der Waals surface area contributed by atoms with E-state index in [1.54, 1.807) is 36.4 Å². The Morgan fingerprint density at radius 1 is 1.03 bits per heavy atom. The second-order valence-corrected chi connectivity index (χ2v) is 7.83. The third kappa shape index (κ3) is 3.69. The molecule has 5 rings (SSSR count). The normalized spacial score (nSPS) is 21.8. The molecule has 2 atom stereocenters. The molecule has 1 saturated carbocycles. The smallest absolute Gasteiger partial charge is 0.310 e. The average Bonchev–Trinajstić information content (AvgIpc) is 3.44. The van der Waals surface area contributed by atoms with Gasteiger partial charge in [0.2, 0.25) is 0 Å². The number of nitrogens with zero attached hydrogens (tertiary/aromatic N) is 2. The standard InChI is InChI=1S/C25H20F2N2O2/c26-19-10-6-16(7-11-19)15-18-3-1-4-21-23(18)28-29(25(30)22-5-2-14-31-22)24(21)17-8-12-20(27)13-9-17/h2,5-15,21,24H,1,3-4H2/t21-,24-/m1/s1. The summed E-state index contributed by atoms with van der Waals surface area (Å²) in [4.78, 5) is 13.2. The molecule has 2 aromatic carbocycles. The molecule has 0 spiro atoms. The van der Waals surface area contributed by atoms with E-state index in [2.05, 4.69) is 0 Å². The van der Waals surface area contributed by atoms with Gasteiger partial charge < -0.3 is 4.42 Å². The minimum Gasteiger partial charge on any atom is -0.459 e. The first kappa shape index (κ1) is 19.4. The van der Waals surface area contributed by atoms with E-state index in [0.717, 1.165) is 41.7 Å². The molecule has 6 heteroatoms.